The molecule has 1 fully saturated rings. The van der Waals surface area contributed by atoms with E-state index >= 15 is 0 Å². The molecule has 26 heavy (non-hydrogen) atoms. The van der Waals surface area contributed by atoms with Gasteiger partial charge >= 0.3 is 0 Å². The number of ether oxygens (including phenoxy) is 1. The van der Waals surface area contributed by atoms with Crippen molar-refractivity contribution < 1.29 is 14.3 Å². The topological polar surface area (TPSA) is 80.3 Å². The first-order valence-corrected chi connectivity index (χ1v) is 9.71. The SMILES string of the molecule is COc1ccc(C(=O)Nc2nc3c(s2)CCCC3C(=O)NC2CC2)cc1. The Bertz CT molecular complexity index is 827. The smallest absolute Gasteiger partial charge is 0.257 e. The normalized spacial score (nSPS) is 18.7. The van der Waals surface area contributed by atoms with E-state index < -0.39 is 0 Å². The Kier molecular flexibility index (Phi) is 4.63. The first-order chi connectivity index (χ1) is 12.6. The Labute approximate surface area is 156 Å². The fourth-order valence-corrected chi connectivity index (χ4v) is 4.23. The monoisotopic (exact) mass is 371 g/mol. The molecular formula is C19H21N3O3S. The number of hydrogen-bond donors (Lipinski definition) is 2. The lowest BCUT2D eigenvalue weighted by Crippen LogP contribution is -2.32. The van der Waals surface area contributed by atoms with Crippen LogP contribution in [0.5, 0.6) is 5.75 Å². The van der Waals surface area contributed by atoms with E-state index in [1.54, 1.807) is 31.4 Å². The number of amides is 2. The van der Waals surface area contributed by atoms with Gasteiger partial charge < -0.3 is 10.1 Å². The molecule has 0 bridgehead atoms. The van der Waals surface area contributed by atoms with Crippen molar-refractivity contribution in [3.63, 3.8) is 0 Å². The van der Waals surface area contributed by atoms with Crippen LogP contribution in [0.25, 0.3) is 0 Å². The third kappa shape index (κ3) is 3.58. The van der Waals surface area contributed by atoms with Crippen LogP contribution in [0.2, 0.25) is 0 Å². The number of rotatable bonds is 5. The molecule has 4 rings (SSSR count). The number of aromatic nitrogens is 1. The van der Waals surface area contributed by atoms with Crippen LogP contribution in [0, 0.1) is 0 Å². The molecular weight excluding hydrogens is 350 g/mol. The van der Waals surface area contributed by atoms with E-state index in [2.05, 4.69) is 15.6 Å². The molecule has 1 saturated carbocycles. The Morgan fingerprint density at radius 2 is 1.96 bits per heavy atom. The number of carbonyl (C=O) groups excluding carboxylic acids is 2. The van der Waals surface area contributed by atoms with Crippen molar-refractivity contribution in [3.05, 3.63) is 40.4 Å². The number of nitrogens with zero attached hydrogens (tertiary/aromatic N) is 1. The van der Waals surface area contributed by atoms with Gasteiger partial charge in [-0.1, -0.05) is 0 Å². The molecule has 7 heteroatoms. The summed E-state index contributed by atoms with van der Waals surface area (Å²) in [7, 11) is 1.59. The molecule has 6 nitrogen and oxygen atoms in total. The second-order valence-corrected chi connectivity index (χ2v) is 7.82. The fourth-order valence-electron chi connectivity index (χ4n) is 3.17. The number of fused-ring (bicyclic) bond motifs is 1. The van der Waals surface area contributed by atoms with Crippen molar-refractivity contribution in [2.45, 2.75) is 44.1 Å². The van der Waals surface area contributed by atoms with Crippen LogP contribution in [0.4, 0.5) is 5.13 Å². The molecule has 0 spiro atoms. The number of methoxy groups -OCH3 is 1. The molecule has 2 N–H and O–H groups in total. The average molecular weight is 371 g/mol. The van der Waals surface area contributed by atoms with E-state index in [0.717, 1.165) is 42.7 Å². The van der Waals surface area contributed by atoms with Crippen molar-refractivity contribution in [1.82, 2.24) is 10.3 Å². The van der Waals surface area contributed by atoms with Crippen molar-refractivity contribution in [1.29, 1.82) is 0 Å². The molecule has 2 amide bonds. The van der Waals surface area contributed by atoms with Gasteiger partial charge in [-0.05, 0) is 56.4 Å². The maximum Gasteiger partial charge on any atom is 0.257 e. The lowest BCUT2D eigenvalue weighted by molar-refractivity contribution is -0.123. The van der Waals surface area contributed by atoms with Crippen LogP contribution in [0.3, 0.4) is 0 Å². The number of anilines is 1. The summed E-state index contributed by atoms with van der Waals surface area (Å²) in [4.78, 5) is 30.6. The number of aryl methyl sites for hydroxylation is 1. The van der Waals surface area contributed by atoms with E-state index in [0.29, 0.717) is 22.5 Å². The highest BCUT2D eigenvalue weighted by Gasteiger charge is 2.33. The molecule has 2 aliphatic rings. The van der Waals surface area contributed by atoms with Crippen LogP contribution in [-0.4, -0.2) is 29.9 Å². The first kappa shape index (κ1) is 17.0. The minimum Gasteiger partial charge on any atom is -0.497 e. The van der Waals surface area contributed by atoms with Gasteiger partial charge in [-0.3, -0.25) is 14.9 Å². The van der Waals surface area contributed by atoms with E-state index in [1.807, 2.05) is 0 Å². The van der Waals surface area contributed by atoms with Crippen LogP contribution in [-0.2, 0) is 11.2 Å². The summed E-state index contributed by atoms with van der Waals surface area (Å²) in [5, 5.41) is 6.50. The summed E-state index contributed by atoms with van der Waals surface area (Å²) >= 11 is 1.47. The molecule has 1 unspecified atom stereocenters. The van der Waals surface area contributed by atoms with Gasteiger partial charge in [-0.25, -0.2) is 4.98 Å². The maximum absolute atomic E-state index is 12.5. The summed E-state index contributed by atoms with van der Waals surface area (Å²) in [6.07, 6.45) is 4.86. The molecule has 0 saturated heterocycles. The van der Waals surface area contributed by atoms with Crippen LogP contribution in [0.15, 0.2) is 24.3 Å². The van der Waals surface area contributed by atoms with Gasteiger partial charge in [0.2, 0.25) is 5.91 Å². The molecule has 0 aliphatic heterocycles. The summed E-state index contributed by atoms with van der Waals surface area (Å²) in [6.45, 7) is 0. The van der Waals surface area contributed by atoms with Crippen LogP contribution in [0.1, 0.15) is 52.5 Å². The summed E-state index contributed by atoms with van der Waals surface area (Å²) < 4.78 is 5.11. The van der Waals surface area contributed by atoms with Gasteiger partial charge in [0.15, 0.2) is 5.13 Å². The van der Waals surface area contributed by atoms with Crippen molar-refractivity contribution in [3.8, 4) is 5.75 Å². The summed E-state index contributed by atoms with van der Waals surface area (Å²) in [6, 6.07) is 7.28. The van der Waals surface area contributed by atoms with Crippen molar-refractivity contribution in [2.24, 2.45) is 0 Å². The highest BCUT2D eigenvalue weighted by atomic mass is 32.1. The molecule has 1 atom stereocenters. The lowest BCUT2D eigenvalue weighted by Gasteiger charge is -2.20. The zero-order valence-electron chi connectivity index (χ0n) is 14.6. The first-order valence-electron chi connectivity index (χ1n) is 8.89. The Balaban J connectivity index is 1.48. The van der Waals surface area contributed by atoms with Gasteiger partial charge in [0.25, 0.3) is 5.91 Å². The zero-order valence-corrected chi connectivity index (χ0v) is 15.4. The number of thiazole rings is 1. The summed E-state index contributed by atoms with van der Waals surface area (Å²) in [5.74, 6) is 0.377. The second kappa shape index (κ2) is 7.07. The van der Waals surface area contributed by atoms with Crippen molar-refractivity contribution >= 4 is 28.3 Å². The Morgan fingerprint density at radius 1 is 1.19 bits per heavy atom. The second-order valence-electron chi connectivity index (χ2n) is 6.74. The Hall–Kier alpha value is -2.41. The average Bonchev–Trinajstić information content (AvgIpc) is 3.37. The van der Waals surface area contributed by atoms with E-state index in [9.17, 15) is 9.59 Å². The third-order valence-electron chi connectivity index (χ3n) is 4.77. The standard InChI is InChI=1S/C19H21N3O3S/c1-25-13-9-5-11(6-10-13)17(23)22-19-21-16-14(3-2-4-15(16)26-19)18(24)20-12-7-8-12/h5-6,9-10,12,14H,2-4,7-8H2,1H3,(H,20,24)(H,21,22,23). The fraction of sp³-hybridized carbons (Fsp3) is 0.421. The predicted molar refractivity (Wildman–Crippen MR) is 99.9 cm³/mol. The van der Waals surface area contributed by atoms with Crippen LogP contribution >= 0.6 is 11.3 Å². The van der Waals surface area contributed by atoms with E-state index in [4.69, 9.17) is 4.74 Å². The highest BCUT2D eigenvalue weighted by molar-refractivity contribution is 7.15. The van der Waals surface area contributed by atoms with E-state index in [-0.39, 0.29) is 17.7 Å². The van der Waals surface area contributed by atoms with Crippen molar-refractivity contribution in [2.75, 3.05) is 12.4 Å². The number of hydrogen-bond acceptors (Lipinski definition) is 5. The molecule has 1 aromatic heterocycles. The largest absolute Gasteiger partial charge is 0.497 e. The van der Waals surface area contributed by atoms with Gasteiger partial charge in [0, 0.05) is 16.5 Å². The molecule has 2 aromatic rings. The minimum atomic E-state index is -0.210. The minimum absolute atomic E-state index is 0.0757. The van der Waals surface area contributed by atoms with E-state index in [1.165, 1.54) is 11.3 Å². The van der Waals surface area contributed by atoms with Crippen LogP contribution < -0.4 is 15.4 Å². The van der Waals surface area contributed by atoms with Gasteiger partial charge in [-0.2, -0.15) is 0 Å². The number of carbonyl (C=O) groups is 2. The predicted octanol–water partition coefficient (Wildman–Crippen LogP) is 3.10. The summed E-state index contributed by atoms with van der Waals surface area (Å²) in [5.41, 5.74) is 1.38. The number of nitrogens with one attached hydrogen (secondary N) is 2. The third-order valence-corrected chi connectivity index (χ3v) is 5.81. The van der Waals surface area contributed by atoms with Gasteiger partial charge in [-0.15, -0.1) is 11.3 Å². The Morgan fingerprint density at radius 3 is 2.65 bits per heavy atom. The molecule has 1 heterocycles. The number of benzene rings is 1. The maximum atomic E-state index is 12.5. The molecule has 0 radical (unpaired) electrons. The lowest BCUT2D eigenvalue weighted by atomic mass is 9.90. The zero-order chi connectivity index (χ0) is 18.1. The quantitative estimate of drug-likeness (QED) is 0.846. The van der Waals surface area contributed by atoms with Gasteiger partial charge in [0.05, 0.1) is 18.7 Å². The molecule has 1 aromatic carbocycles. The molecule has 2 aliphatic carbocycles. The highest BCUT2D eigenvalue weighted by Crippen LogP contribution is 2.37. The molecule has 136 valence electrons. The van der Waals surface area contributed by atoms with Gasteiger partial charge in [0.1, 0.15) is 5.75 Å².